The summed E-state index contributed by atoms with van der Waals surface area (Å²) in [5.41, 5.74) is 8.53. The first-order chi connectivity index (χ1) is 10.2. The molecule has 0 bridgehead atoms. The number of morpholine rings is 1. The lowest BCUT2D eigenvalue weighted by Crippen LogP contribution is -2.36. The van der Waals surface area contributed by atoms with E-state index < -0.39 is 0 Å². The van der Waals surface area contributed by atoms with Crippen molar-refractivity contribution in [3.8, 4) is 0 Å². The Bertz CT molecular complexity index is 612. The minimum absolute atomic E-state index is 0.634. The number of ether oxygens (including phenoxy) is 1. The third-order valence-corrected chi connectivity index (χ3v) is 3.97. The first-order valence-corrected chi connectivity index (χ1v) is 7.62. The molecule has 110 valence electrons. The minimum atomic E-state index is 0.634. The van der Waals surface area contributed by atoms with Crippen LogP contribution in [-0.4, -0.2) is 31.3 Å². The minimum Gasteiger partial charge on any atom is -0.397 e. The molecule has 1 fully saturated rings. The van der Waals surface area contributed by atoms with Crippen LogP contribution < -0.4 is 16.0 Å². The number of hydrogen-bond donors (Lipinski definition) is 2. The molecule has 2 aromatic rings. The molecule has 1 aromatic heterocycles. The van der Waals surface area contributed by atoms with Crippen molar-refractivity contribution in [2.24, 2.45) is 0 Å². The van der Waals surface area contributed by atoms with E-state index in [-0.39, 0.29) is 0 Å². The molecule has 0 unspecified atom stereocenters. The van der Waals surface area contributed by atoms with E-state index >= 15 is 0 Å². The van der Waals surface area contributed by atoms with Crippen molar-refractivity contribution >= 4 is 38.8 Å². The van der Waals surface area contributed by atoms with Crippen LogP contribution in [0.15, 0.2) is 41.0 Å². The zero-order valence-corrected chi connectivity index (χ0v) is 13.1. The number of benzene rings is 1. The van der Waals surface area contributed by atoms with Crippen LogP contribution in [0.1, 0.15) is 0 Å². The van der Waals surface area contributed by atoms with Gasteiger partial charge in [-0.05, 0) is 46.3 Å². The monoisotopic (exact) mass is 348 g/mol. The third-order valence-electron chi connectivity index (χ3n) is 3.37. The fourth-order valence-electron chi connectivity index (χ4n) is 2.26. The molecule has 0 radical (unpaired) electrons. The van der Waals surface area contributed by atoms with Crippen LogP contribution in [0, 0.1) is 0 Å². The maximum Gasteiger partial charge on any atom is 0.144 e. The Morgan fingerprint density at radius 1 is 1.19 bits per heavy atom. The van der Waals surface area contributed by atoms with E-state index in [0.717, 1.165) is 42.3 Å². The average molecular weight is 349 g/mol. The van der Waals surface area contributed by atoms with Gasteiger partial charge in [0.15, 0.2) is 0 Å². The molecule has 0 amide bonds. The molecule has 1 aromatic carbocycles. The van der Waals surface area contributed by atoms with Gasteiger partial charge < -0.3 is 20.7 Å². The van der Waals surface area contributed by atoms with Crippen LogP contribution in [0.3, 0.4) is 0 Å². The number of halogens is 1. The van der Waals surface area contributed by atoms with E-state index in [0.29, 0.717) is 5.69 Å². The lowest BCUT2D eigenvalue weighted by molar-refractivity contribution is 0.122. The number of nitrogens with zero attached hydrogens (tertiary/aromatic N) is 2. The van der Waals surface area contributed by atoms with Crippen molar-refractivity contribution in [1.82, 2.24) is 4.98 Å². The van der Waals surface area contributed by atoms with Crippen LogP contribution in [0.25, 0.3) is 0 Å². The highest BCUT2D eigenvalue weighted by Gasteiger charge is 2.11. The first kappa shape index (κ1) is 14.2. The Morgan fingerprint density at radius 3 is 2.57 bits per heavy atom. The summed E-state index contributed by atoms with van der Waals surface area (Å²) in [6, 6.07) is 10.2. The molecule has 21 heavy (non-hydrogen) atoms. The maximum absolute atomic E-state index is 5.69. The molecule has 1 aliphatic rings. The number of nitrogen functional groups attached to an aromatic ring is 1. The summed E-state index contributed by atoms with van der Waals surface area (Å²) < 4.78 is 6.22. The number of aromatic nitrogens is 1. The van der Waals surface area contributed by atoms with Gasteiger partial charge in [0, 0.05) is 24.5 Å². The molecule has 2 heterocycles. The van der Waals surface area contributed by atoms with Crippen molar-refractivity contribution in [3.05, 3.63) is 41.0 Å². The topological polar surface area (TPSA) is 63.4 Å². The molecule has 0 atom stereocenters. The highest BCUT2D eigenvalue weighted by Crippen LogP contribution is 2.26. The van der Waals surface area contributed by atoms with Gasteiger partial charge in [-0.3, -0.25) is 0 Å². The van der Waals surface area contributed by atoms with E-state index in [1.807, 2.05) is 6.07 Å². The average Bonchev–Trinajstić information content (AvgIpc) is 2.52. The standard InChI is InChI=1S/C15H17BrN4O/c16-14-9-11(17)10-18-15(14)19-12-1-3-13(4-2-12)20-5-7-21-8-6-20/h1-4,9-10H,5-8,17H2,(H,18,19). The third kappa shape index (κ3) is 3.46. The smallest absolute Gasteiger partial charge is 0.144 e. The van der Waals surface area contributed by atoms with E-state index in [4.69, 9.17) is 10.5 Å². The quantitative estimate of drug-likeness (QED) is 0.892. The fourth-order valence-corrected chi connectivity index (χ4v) is 2.72. The Balaban J connectivity index is 1.71. The fraction of sp³-hybridized carbons (Fsp3) is 0.267. The molecule has 0 aliphatic carbocycles. The highest BCUT2D eigenvalue weighted by atomic mass is 79.9. The zero-order valence-electron chi connectivity index (χ0n) is 11.6. The summed E-state index contributed by atoms with van der Waals surface area (Å²) in [5.74, 6) is 0.753. The number of nitrogens with one attached hydrogen (secondary N) is 1. The molecule has 5 nitrogen and oxygen atoms in total. The Kier molecular flexibility index (Phi) is 4.26. The summed E-state index contributed by atoms with van der Waals surface area (Å²) in [5, 5.41) is 3.27. The predicted octanol–water partition coefficient (Wildman–Crippen LogP) is 3.01. The first-order valence-electron chi connectivity index (χ1n) is 6.83. The van der Waals surface area contributed by atoms with Crippen LogP contribution in [0.5, 0.6) is 0 Å². The van der Waals surface area contributed by atoms with Crippen LogP contribution in [0.4, 0.5) is 22.9 Å². The van der Waals surface area contributed by atoms with Crippen LogP contribution >= 0.6 is 15.9 Å². The second-order valence-corrected chi connectivity index (χ2v) is 5.72. The van der Waals surface area contributed by atoms with Gasteiger partial charge in [-0.1, -0.05) is 0 Å². The summed E-state index contributed by atoms with van der Waals surface area (Å²) in [6.07, 6.45) is 1.63. The Labute approximate surface area is 132 Å². The second-order valence-electron chi connectivity index (χ2n) is 4.87. The summed E-state index contributed by atoms with van der Waals surface area (Å²) >= 11 is 3.45. The van der Waals surface area contributed by atoms with E-state index in [1.54, 1.807) is 6.20 Å². The lowest BCUT2D eigenvalue weighted by Gasteiger charge is -2.28. The normalized spacial score (nSPS) is 15.0. The molecule has 1 saturated heterocycles. The van der Waals surface area contributed by atoms with Gasteiger partial charge in [-0.15, -0.1) is 0 Å². The van der Waals surface area contributed by atoms with Crippen molar-refractivity contribution < 1.29 is 4.74 Å². The molecular formula is C15H17BrN4O. The maximum atomic E-state index is 5.69. The number of anilines is 4. The molecule has 1 aliphatic heterocycles. The largest absolute Gasteiger partial charge is 0.397 e. The van der Waals surface area contributed by atoms with Gasteiger partial charge in [0.05, 0.1) is 29.6 Å². The van der Waals surface area contributed by atoms with Gasteiger partial charge >= 0.3 is 0 Å². The number of nitrogens with two attached hydrogens (primary N) is 1. The molecule has 0 spiro atoms. The molecule has 3 N–H and O–H groups in total. The molecule has 6 heteroatoms. The van der Waals surface area contributed by atoms with Crippen LogP contribution in [0.2, 0.25) is 0 Å². The second kappa shape index (κ2) is 6.32. The summed E-state index contributed by atoms with van der Waals surface area (Å²) in [6.45, 7) is 3.47. The zero-order chi connectivity index (χ0) is 14.7. The van der Waals surface area contributed by atoms with E-state index in [2.05, 4.69) is 55.4 Å². The Morgan fingerprint density at radius 2 is 1.90 bits per heavy atom. The highest BCUT2D eigenvalue weighted by molar-refractivity contribution is 9.10. The van der Waals surface area contributed by atoms with Gasteiger partial charge in [0.2, 0.25) is 0 Å². The van der Waals surface area contributed by atoms with Gasteiger partial charge in [0.1, 0.15) is 5.82 Å². The molecule has 0 saturated carbocycles. The van der Waals surface area contributed by atoms with Gasteiger partial charge in [-0.2, -0.15) is 0 Å². The van der Waals surface area contributed by atoms with Crippen LogP contribution in [-0.2, 0) is 4.74 Å². The van der Waals surface area contributed by atoms with Crippen molar-refractivity contribution in [3.63, 3.8) is 0 Å². The number of pyridine rings is 1. The predicted molar refractivity (Wildman–Crippen MR) is 89.1 cm³/mol. The summed E-state index contributed by atoms with van der Waals surface area (Å²) in [4.78, 5) is 6.60. The van der Waals surface area contributed by atoms with Gasteiger partial charge in [-0.25, -0.2) is 4.98 Å². The lowest BCUT2D eigenvalue weighted by atomic mass is 10.2. The van der Waals surface area contributed by atoms with Crippen molar-refractivity contribution in [1.29, 1.82) is 0 Å². The van der Waals surface area contributed by atoms with Gasteiger partial charge in [0.25, 0.3) is 0 Å². The van der Waals surface area contributed by atoms with E-state index in [9.17, 15) is 0 Å². The van der Waals surface area contributed by atoms with Crippen molar-refractivity contribution in [2.45, 2.75) is 0 Å². The van der Waals surface area contributed by atoms with Crippen molar-refractivity contribution in [2.75, 3.05) is 42.3 Å². The Hall–Kier alpha value is -1.79. The SMILES string of the molecule is Nc1cnc(Nc2ccc(N3CCOCC3)cc2)c(Br)c1. The molecular weight excluding hydrogens is 332 g/mol. The molecule has 3 rings (SSSR count). The van der Waals surface area contributed by atoms with E-state index in [1.165, 1.54) is 5.69 Å². The number of hydrogen-bond acceptors (Lipinski definition) is 5. The summed E-state index contributed by atoms with van der Waals surface area (Å²) in [7, 11) is 0. The number of rotatable bonds is 3.